The van der Waals surface area contributed by atoms with E-state index in [0.717, 1.165) is 50.2 Å². The fraction of sp³-hybridized carbons (Fsp3) is 0.0633. The van der Waals surface area contributed by atoms with E-state index in [0.29, 0.717) is 74.2 Å². The van der Waals surface area contributed by atoms with Crippen molar-refractivity contribution in [2.75, 3.05) is 27.2 Å². The van der Waals surface area contributed by atoms with Crippen molar-refractivity contribution in [3.63, 3.8) is 0 Å². The van der Waals surface area contributed by atoms with Crippen molar-refractivity contribution in [1.29, 1.82) is 0 Å². The summed E-state index contributed by atoms with van der Waals surface area (Å²) in [6, 6.07) is 65.9. The maximum Gasteiger partial charge on any atom is 0.343 e. The summed E-state index contributed by atoms with van der Waals surface area (Å²) in [5, 5.41) is 1.81. The third-order valence-corrected chi connectivity index (χ3v) is 13.5. The van der Waals surface area contributed by atoms with Gasteiger partial charge < -0.3 is 52.1 Å². The molecule has 10 rings (SSSR count). The molecule has 0 spiro atoms. The van der Waals surface area contributed by atoms with E-state index in [1.54, 1.807) is 134 Å². The molecule has 0 heterocycles. The van der Waals surface area contributed by atoms with E-state index >= 15 is 0 Å². The van der Waals surface area contributed by atoms with E-state index in [1.807, 2.05) is 128 Å². The van der Waals surface area contributed by atoms with Crippen LogP contribution in [0.15, 0.2) is 270 Å². The number of carbonyl (C=O) groups is 4. The van der Waals surface area contributed by atoms with Gasteiger partial charge in [0.1, 0.15) is 57.5 Å². The van der Waals surface area contributed by atoms with Crippen LogP contribution in [0.25, 0.3) is 41.2 Å². The van der Waals surface area contributed by atoms with Gasteiger partial charge in [-0.25, -0.2) is 19.2 Å². The second-order valence-corrected chi connectivity index (χ2v) is 19.9. The van der Waals surface area contributed by atoms with Gasteiger partial charge in [0.25, 0.3) is 0 Å². The lowest BCUT2D eigenvalue weighted by atomic mass is 10.1. The summed E-state index contributed by atoms with van der Waals surface area (Å²) in [6.45, 7) is 23.7. The van der Waals surface area contributed by atoms with E-state index in [1.165, 1.54) is 0 Å². The molecule has 0 aliphatic heterocycles. The molecule has 15 heteroatoms. The number of rotatable bonds is 27. The maximum atomic E-state index is 12.5. The number of esters is 4. The number of ether oxygens (including phenoxy) is 11. The van der Waals surface area contributed by atoms with Gasteiger partial charge in [-0.2, -0.15) is 0 Å². The quantitative estimate of drug-likeness (QED) is 0.0206. The van der Waals surface area contributed by atoms with Crippen molar-refractivity contribution in [3.8, 4) is 57.5 Å². The van der Waals surface area contributed by atoms with Crippen LogP contribution in [0.3, 0.4) is 0 Å². The first-order chi connectivity index (χ1) is 45.8. The molecule has 10 aromatic rings. The van der Waals surface area contributed by atoms with Gasteiger partial charge in [0, 0.05) is 6.08 Å². The lowest BCUT2D eigenvalue weighted by Gasteiger charge is -2.12. The largest absolute Gasteiger partial charge is 0.458 e. The first kappa shape index (κ1) is 67.3. The Morgan fingerprint density at radius 2 is 0.574 bits per heavy atom. The van der Waals surface area contributed by atoms with Gasteiger partial charge >= 0.3 is 23.9 Å². The fourth-order valence-electron chi connectivity index (χ4n) is 8.31. The van der Waals surface area contributed by atoms with Crippen molar-refractivity contribution in [2.24, 2.45) is 0 Å². The number of aryl methyl sites for hydroxylation is 1. The summed E-state index contributed by atoms with van der Waals surface area (Å²) in [7, 11) is 0. The molecular formula is C79H66O15. The smallest absolute Gasteiger partial charge is 0.343 e. The van der Waals surface area contributed by atoms with Gasteiger partial charge in [0.05, 0.1) is 16.7 Å². The molecule has 0 radical (unpaired) electrons. The molecule has 0 amide bonds. The zero-order valence-corrected chi connectivity index (χ0v) is 51.5. The van der Waals surface area contributed by atoms with Crippen molar-refractivity contribution in [3.05, 3.63) is 320 Å². The van der Waals surface area contributed by atoms with Crippen LogP contribution in [0.4, 0.5) is 0 Å². The van der Waals surface area contributed by atoms with Gasteiger partial charge in [-0.3, -0.25) is 0 Å². The van der Waals surface area contributed by atoms with Crippen LogP contribution in [0.1, 0.15) is 64.5 Å². The second kappa shape index (κ2) is 35.0. The number of fused-ring (bicyclic) bond motifs is 1. The summed E-state index contributed by atoms with van der Waals surface area (Å²) >= 11 is 0. The third-order valence-electron chi connectivity index (χ3n) is 13.5. The molecule has 472 valence electrons. The number of hydrogen-bond acceptors (Lipinski definition) is 15. The average molecular weight is 1260 g/mol. The Hall–Kier alpha value is -12.6. The van der Waals surface area contributed by atoms with E-state index < -0.39 is 23.9 Å². The topological polar surface area (TPSA) is 170 Å². The average Bonchev–Trinajstić information content (AvgIpc) is 1.16. The molecule has 0 unspecified atom stereocenters. The van der Waals surface area contributed by atoms with Gasteiger partial charge in [-0.05, 0) is 203 Å². The van der Waals surface area contributed by atoms with Crippen molar-refractivity contribution in [2.45, 2.75) is 6.92 Å². The Kier molecular flexibility index (Phi) is 25.0. The van der Waals surface area contributed by atoms with Crippen LogP contribution < -0.4 is 47.4 Å². The Morgan fingerprint density at radius 1 is 0.298 bits per heavy atom. The summed E-state index contributed by atoms with van der Waals surface area (Å²) in [6.07, 6.45) is 9.79. The molecule has 0 aliphatic carbocycles. The Labute approximate surface area is 545 Å². The van der Waals surface area contributed by atoms with Gasteiger partial charge in [0.15, 0.2) is 0 Å². The van der Waals surface area contributed by atoms with E-state index in [-0.39, 0.29) is 27.2 Å². The highest BCUT2D eigenvalue weighted by Gasteiger charge is 2.14. The zero-order valence-electron chi connectivity index (χ0n) is 51.5. The Morgan fingerprint density at radius 3 is 0.968 bits per heavy atom. The maximum absolute atomic E-state index is 12.5. The van der Waals surface area contributed by atoms with E-state index in [9.17, 15) is 19.2 Å². The summed E-state index contributed by atoms with van der Waals surface area (Å²) in [5.74, 6) is 3.84. The minimum atomic E-state index is -0.584. The van der Waals surface area contributed by atoms with Crippen LogP contribution in [0.2, 0.25) is 0 Å². The van der Waals surface area contributed by atoms with Crippen LogP contribution in [0.5, 0.6) is 57.5 Å². The molecule has 0 atom stereocenters. The predicted octanol–water partition coefficient (Wildman–Crippen LogP) is 17.7. The summed E-state index contributed by atoms with van der Waals surface area (Å²) < 4.78 is 60.0. The van der Waals surface area contributed by atoms with Crippen LogP contribution in [0, 0.1) is 6.92 Å². The van der Waals surface area contributed by atoms with Crippen LogP contribution >= 0.6 is 0 Å². The SMILES string of the molecule is C=CC(=O)OCOc1ccc(C(=O)Oc2ccc3cc(OCOc4ccc(C=C)cc4)ccc3c2)cc1.C=Cc1ccc(OCOc2ccc(OC(=O)c3ccc(C=C)cc3)cc2)cc1.C=Cc1ccc(OCOc2ccc(OC(=O)c3ccc(C=C)cc3)cc2C)cc1. The van der Waals surface area contributed by atoms with Crippen molar-refractivity contribution >= 4 is 65.0 Å². The minimum Gasteiger partial charge on any atom is -0.458 e. The van der Waals surface area contributed by atoms with Crippen LogP contribution in [-0.2, 0) is 9.53 Å². The number of carbonyl (C=O) groups excluding carboxylic acids is 4. The van der Waals surface area contributed by atoms with Crippen LogP contribution in [-0.4, -0.2) is 51.0 Å². The second-order valence-electron chi connectivity index (χ2n) is 19.9. The molecule has 0 saturated heterocycles. The highest BCUT2D eigenvalue weighted by Crippen LogP contribution is 2.28. The molecule has 0 bridgehead atoms. The minimum absolute atomic E-state index is 0.0679. The monoisotopic (exact) mass is 1250 g/mol. The molecule has 0 saturated carbocycles. The number of benzene rings is 10. The molecule has 0 N–H and O–H groups in total. The molecule has 0 aromatic heterocycles. The lowest BCUT2D eigenvalue weighted by Crippen LogP contribution is -2.09. The highest BCUT2D eigenvalue weighted by atomic mass is 16.7. The standard InChI is InChI=1S/C30H24O7.C25H22O4.C24H20O4/c1-3-21-5-11-25(12-6-21)33-19-35-27-15-9-24-18-28(16-10-23(24)17-27)37-30(32)22-7-13-26(14-8-22)34-20-36-29(31)4-2;1-4-19-6-10-21(11-7-19)25(26)29-23-14-15-24(18(3)16-23)28-17-27-22-12-8-20(5-2)9-13-22;1-3-18-5-9-20(10-6-18)24(25)28-23-15-13-22(14-16-23)27-17-26-21-11-7-19(4-2)8-12-21/h3-18H,1-2,19-20H2;4-16H,1-2,17H2,3H3;3-16H,1-2,17H2. The molecule has 15 nitrogen and oxygen atoms in total. The molecule has 0 aliphatic rings. The van der Waals surface area contributed by atoms with Crippen molar-refractivity contribution < 1.29 is 71.3 Å². The van der Waals surface area contributed by atoms with E-state index in [4.69, 9.17) is 52.1 Å². The van der Waals surface area contributed by atoms with E-state index in [2.05, 4.69) is 39.5 Å². The third kappa shape index (κ3) is 21.0. The highest BCUT2D eigenvalue weighted by molar-refractivity contribution is 5.93. The van der Waals surface area contributed by atoms with Gasteiger partial charge in [-0.1, -0.05) is 143 Å². The molecular weight excluding hydrogens is 1190 g/mol. The number of hydrogen-bond donors (Lipinski definition) is 0. The molecule has 0 fully saturated rings. The van der Waals surface area contributed by atoms with Crippen molar-refractivity contribution in [1.82, 2.24) is 0 Å². The first-order valence-corrected chi connectivity index (χ1v) is 29.1. The Balaban J connectivity index is 0.000000183. The summed E-state index contributed by atoms with van der Waals surface area (Å²) in [4.78, 5) is 48.0. The first-order valence-electron chi connectivity index (χ1n) is 29.1. The molecule has 94 heavy (non-hydrogen) atoms. The Bertz CT molecular complexity index is 4210. The normalized spacial score (nSPS) is 10.1. The fourth-order valence-corrected chi connectivity index (χ4v) is 8.31. The van der Waals surface area contributed by atoms with Gasteiger partial charge in [-0.15, -0.1) is 0 Å². The predicted molar refractivity (Wildman–Crippen MR) is 366 cm³/mol. The zero-order chi connectivity index (χ0) is 66.4. The molecule has 10 aromatic carbocycles. The lowest BCUT2D eigenvalue weighted by molar-refractivity contribution is -0.144. The summed E-state index contributed by atoms with van der Waals surface area (Å²) in [5.41, 5.74) is 7.08. The van der Waals surface area contributed by atoms with Gasteiger partial charge in [0.2, 0.25) is 27.2 Å².